The van der Waals surface area contributed by atoms with E-state index in [1.54, 1.807) is 6.07 Å². The third-order valence-electron chi connectivity index (χ3n) is 7.79. The Balaban J connectivity index is 1.81. The number of carboxylic acids is 1. The molecule has 2 aliphatic carbocycles. The minimum atomic E-state index is -5.23. The molecule has 0 heterocycles. The molecule has 2 aromatic carbocycles. The third-order valence-corrected chi connectivity index (χ3v) is 10.00. The van der Waals surface area contributed by atoms with Crippen LogP contribution in [0, 0.1) is 39.7 Å². The van der Waals surface area contributed by atoms with Crippen LogP contribution in [0.4, 0.5) is 22.0 Å². The van der Waals surface area contributed by atoms with Gasteiger partial charge < -0.3 is 15.6 Å². The number of alkyl halides is 3. The Labute approximate surface area is 219 Å². The van der Waals surface area contributed by atoms with Crippen molar-refractivity contribution >= 4 is 21.7 Å². The van der Waals surface area contributed by atoms with Crippen molar-refractivity contribution in [2.24, 2.45) is 22.5 Å². The summed E-state index contributed by atoms with van der Waals surface area (Å²) < 4.78 is 102. The summed E-state index contributed by atoms with van der Waals surface area (Å²) >= 11 is 0. The zero-order valence-electron chi connectivity index (χ0n) is 20.1. The number of carbonyl (C=O) groups is 2. The number of carboxylic acid groups (broad SMARTS) is 1. The van der Waals surface area contributed by atoms with Gasteiger partial charge in [0.05, 0.1) is 27.9 Å². The van der Waals surface area contributed by atoms with E-state index in [1.165, 1.54) is 0 Å². The lowest BCUT2D eigenvalue weighted by Crippen LogP contribution is -2.44. The largest absolute Gasteiger partial charge is 0.481 e. The number of nitrogens with zero attached hydrogens (tertiary/aromatic N) is 1. The molecule has 0 spiro atoms. The highest BCUT2D eigenvalue weighted by Crippen LogP contribution is 2.66. The van der Waals surface area contributed by atoms with Crippen LogP contribution >= 0.6 is 0 Å². The molecule has 5 atom stereocenters. The predicted octanol–water partition coefficient (Wildman–Crippen LogP) is 3.69. The van der Waals surface area contributed by atoms with Gasteiger partial charge in [-0.3, -0.25) is 9.59 Å². The Morgan fingerprint density at radius 1 is 1.15 bits per heavy atom. The number of carbonyl (C=O) groups excluding carboxylic acids is 1. The molecule has 0 bridgehead atoms. The highest BCUT2D eigenvalue weighted by atomic mass is 32.2. The first-order valence-corrected chi connectivity index (χ1v) is 13.0. The quantitative estimate of drug-likeness (QED) is 0.481. The van der Waals surface area contributed by atoms with E-state index < -0.39 is 96.5 Å². The van der Waals surface area contributed by atoms with Crippen LogP contribution in [0.1, 0.15) is 24.8 Å². The van der Waals surface area contributed by atoms with Gasteiger partial charge in [-0.25, -0.2) is 17.2 Å². The molecule has 0 aliphatic heterocycles. The lowest BCUT2D eigenvalue weighted by atomic mass is 9.75. The van der Waals surface area contributed by atoms with Crippen molar-refractivity contribution in [3.63, 3.8) is 0 Å². The predicted molar refractivity (Wildman–Crippen MR) is 123 cm³/mol. The van der Waals surface area contributed by atoms with Gasteiger partial charge in [0.15, 0.2) is 9.84 Å². The number of sulfone groups is 1. The van der Waals surface area contributed by atoms with Crippen molar-refractivity contribution < 1.29 is 49.8 Å². The maximum absolute atomic E-state index is 14.3. The van der Waals surface area contributed by atoms with Gasteiger partial charge >= 0.3 is 12.1 Å². The minimum Gasteiger partial charge on any atom is -0.481 e. The summed E-state index contributed by atoms with van der Waals surface area (Å²) in [5.74, 6) is -6.02. The first kappa shape index (κ1) is 28.4. The molecule has 2 unspecified atom stereocenters. The van der Waals surface area contributed by atoms with Crippen molar-refractivity contribution in [1.82, 2.24) is 0 Å². The van der Waals surface area contributed by atoms with Crippen LogP contribution in [0.2, 0.25) is 0 Å². The van der Waals surface area contributed by atoms with Gasteiger partial charge in [0.2, 0.25) is 5.91 Å². The number of nitriles is 1. The van der Waals surface area contributed by atoms with Crippen LogP contribution in [0.3, 0.4) is 0 Å². The molecule has 4 rings (SSSR count). The summed E-state index contributed by atoms with van der Waals surface area (Å²) in [6, 6.07) is 5.90. The first-order valence-electron chi connectivity index (χ1n) is 11.4. The van der Waals surface area contributed by atoms with E-state index in [0.717, 1.165) is 25.3 Å². The zero-order chi connectivity index (χ0) is 29.1. The van der Waals surface area contributed by atoms with Gasteiger partial charge in [-0.15, -0.1) is 0 Å². The monoisotopic (exact) mass is 572 g/mol. The summed E-state index contributed by atoms with van der Waals surface area (Å²) in [7, 11) is -3.81. The van der Waals surface area contributed by atoms with Gasteiger partial charge in [-0.1, -0.05) is 6.07 Å². The van der Waals surface area contributed by atoms with E-state index in [9.17, 15) is 50.3 Å². The zero-order valence-corrected chi connectivity index (χ0v) is 20.9. The molecular weight excluding hydrogens is 551 g/mol. The van der Waals surface area contributed by atoms with Crippen molar-refractivity contribution in [1.29, 1.82) is 5.26 Å². The van der Waals surface area contributed by atoms with Crippen LogP contribution < -0.4 is 5.73 Å². The fraction of sp³-hybridized carbons (Fsp3) is 0.400. The van der Waals surface area contributed by atoms with Crippen LogP contribution in [-0.2, 0) is 30.3 Å². The van der Waals surface area contributed by atoms with E-state index in [0.29, 0.717) is 18.2 Å². The molecule has 2 saturated carbocycles. The third kappa shape index (κ3) is 4.33. The Bertz CT molecular complexity index is 1520. The van der Waals surface area contributed by atoms with Crippen LogP contribution in [-0.4, -0.2) is 43.9 Å². The Morgan fingerprint density at radius 2 is 1.82 bits per heavy atom. The second-order valence-corrected chi connectivity index (χ2v) is 11.9. The number of nitrogens with two attached hydrogens (primary N) is 1. The molecule has 2 aliphatic rings. The normalized spacial score (nSPS) is 28.6. The molecule has 3 N–H and O–H groups in total. The smallest absolute Gasteiger partial charge is 0.417 e. The number of ether oxygens (including phenoxy) is 1. The molecule has 2 fully saturated rings. The average molecular weight is 573 g/mol. The summed E-state index contributed by atoms with van der Waals surface area (Å²) in [5, 5.41) is 18.0. The summed E-state index contributed by atoms with van der Waals surface area (Å²) in [5.41, 5.74) is -1.04. The summed E-state index contributed by atoms with van der Waals surface area (Å²) in [6.07, 6.45) is -8.14. The number of halogens is 5. The Kier molecular flexibility index (Phi) is 6.76. The fourth-order valence-electron chi connectivity index (χ4n) is 5.73. The molecule has 1 amide bonds. The van der Waals surface area contributed by atoms with Gasteiger partial charge in [-0.05, 0) is 49.1 Å². The van der Waals surface area contributed by atoms with Crippen LogP contribution in [0.5, 0.6) is 0 Å². The molecule has 0 radical (unpaired) electrons. The highest BCUT2D eigenvalue weighted by Gasteiger charge is 2.75. The van der Waals surface area contributed by atoms with Crippen LogP contribution in [0.15, 0.2) is 41.3 Å². The topological polar surface area (TPSA) is 148 Å². The number of aliphatic carboxylic acids is 1. The number of rotatable bonds is 7. The van der Waals surface area contributed by atoms with E-state index in [2.05, 4.69) is 0 Å². The Hall–Kier alpha value is -3.57. The summed E-state index contributed by atoms with van der Waals surface area (Å²) in [4.78, 5) is 23.3. The standard InChI is InChI=1S/C25H21F5N2O6S/c1-38-20-8-14(9-24(20,22(34)35)19-10-23(19,11-31)21(32)33)39(36,37)18-5-2-12(6-16(18)25(28,29)30)15-4-3-13(26)7-17(15)27/h2-7,14,19-20H,8-10H2,1H3,(H2,32,33)(H,34,35)/t14-,19?,20+,23?,24+/m0/s1. The minimum absolute atomic E-state index is 0.274. The van der Waals surface area contributed by atoms with Crippen molar-refractivity contribution in [3.8, 4) is 17.2 Å². The maximum Gasteiger partial charge on any atom is 0.417 e. The number of methoxy groups -OCH3 is 1. The Morgan fingerprint density at radius 3 is 2.31 bits per heavy atom. The van der Waals surface area contributed by atoms with E-state index in [-0.39, 0.29) is 12.0 Å². The lowest BCUT2D eigenvalue weighted by Gasteiger charge is -2.31. The SMILES string of the molecule is CO[C@@H]1C[C@H](S(=O)(=O)c2ccc(-c3ccc(F)cc3F)cc2C(F)(F)F)C[C@@]1(C(=O)O)C1CC1(C#N)C(N)=O. The van der Waals surface area contributed by atoms with Crippen molar-refractivity contribution in [3.05, 3.63) is 53.6 Å². The number of amides is 1. The second-order valence-electron chi connectivity index (χ2n) is 9.71. The number of benzene rings is 2. The number of primary amides is 1. The molecule has 208 valence electrons. The average Bonchev–Trinajstić information content (AvgIpc) is 3.48. The molecule has 39 heavy (non-hydrogen) atoms. The number of hydrogen-bond acceptors (Lipinski definition) is 6. The van der Waals surface area contributed by atoms with Gasteiger partial charge in [0.25, 0.3) is 0 Å². The van der Waals surface area contributed by atoms with Gasteiger partial charge in [-0.2, -0.15) is 18.4 Å². The molecule has 8 nitrogen and oxygen atoms in total. The number of hydrogen-bond donors (Lipinski definition) is 2. The van der Waals surface area contributed by atoms with E-state index in [1.807, 2.05) is 0 Å². The van der Waals surface area contributed by atoms with Gasteiger partial charge in [0.1, 0.15) is 22.5 Å². The molecule has 0 aromatic heterocycles. The molecule has 2 aromatic rings. The second kappa shape index (κ2) is 9.27. The first-order chi connectivity index (χ1) is 18.1. The highest BCUT2D eigenvalue weighted by molar-refractivity contribution is 7.92. The summed E-state index contributed by atoms with van der Waals surface area (Å²) in [6.45, 7) is 0. The molecule has 0 saturated heterocycles. The van der Waals surface area contributed by atoms with E-state index >= 15 is 0 Å². The fourth-order valence-corrected chi connectivity index (χ4v) is 7.75. The van der Waals surface area contributed by atoms with Crippen molar-refractivity contribution in [2.45, 2.75) is 41.7 Å². The van der Waals surface area contributed by atoms with Crippen molar-refractivity contribution in [2.75, 3.05) is 7.11 Å². The maximum atomic E-state index is 14.3. The molecular formula is C25H21F5N2O6S. The molecule has 14 heteroatoms. The lowest BCUT2D eigenvalue weighted by molar-refractivity contribution is -0.159. The van der Waals surface area contributed by atoms with E-state index in [4.69, 9.17) is 10.5 Å². The van der Waals surface area contributed by atoms with Crippen LogP contribution in [0.25, 0.3) is 11.1 Å². The van der Waals surface area contributed by atoms with Gasteiger partial charge in [0, 0.05) is 24.7 Å².